The molecule has 0 radical (unpaired) electrons. The van der Waals surface area contributed by atoms with Crippen molar-refractivity contribution in [2.75, 3.05) is 26.9 Å². The molecule has 10 rings (SSSR count). The minimum atomic E-state index is -3.07. The van der Waals surface area contributed by atoms with Crippen molar-refractivity contribution in [2.24, 2.45) is 0 Å². The highest BCUT2D eigenvalue weighted by molar-refractivity contribution is 8.00. The molecule has 0 saturated carbocycles. The van der Waals surface area contributed by atoms with Gasteiger partial charge in [0.2, 0.25) is 5.91 Å². The van der Waals surface area contributed by atoms with Crippen LogP contribution in [0, 0.1) is 0 Å². The molecule has 3 aliphatic heterocycles. The number of benzene rings is 7. The first-order valence-corrected chi connectivity index (χ1v) is 35.4. The van der Waals surface area contributed by atoms with E-state index in [9.17, 15) is 29.1 Å². The van der Waals surface area contributed by atoms with Crippen molar-refractivity contribution >= 4 is 47.5 Å². The molecule has 24 nitrogen and oxygen atoms in total. The maximum atomic E-state index is 16.1. The average molecular weight is 1460 g/mol. The SMILES string of the molecule is COC(=O)[C@]1(O[C@H]2[C@@H](O)[C@@H](COCc3ccccc3)O[C@@H](O[C@H]3[C@H](OCc4ccccc4)[C@@H](OCc4ccccc4)[C@H](OCc4ccccc4)O[C@@H]3COCc3ccccc3)[C@@H]2OCc2ccccc2)O[C@@H]([C@H](OC(C)=O)[C@@H](COC(C)=O)OC(C)=O)[C@H](NC(C)=O)[C@@H](OC(C)=O)[C@@H]1Sc1ccccc1. The summed E-state index contributed by atoms with van der Waals surface area (Å²) < 4.78 is 107. The monoisotopic (exact) mass is 1460 g/mol. The zero-order valence-electron chi connectivity index (χ0n) is 59.1. The van der Waals surface area contributed by atoms with Crippen molar-refractivity contribution in [3.05, 3.63) is 246 Å². The first-order valence-electron chi connectivity index (χ1n) is 34.5. The summed E-state index contributed by atoms with van der Waals surface area (Å²) in [7, 11) is 1.03. The lowest BCUT2D eigenvalue weighted by Crippen LogP contribution is -2.76. The number of hydrogen-bond donors (Lipinski definition) is 2. The van der Waals surface area contributed by atoms with E-state index in [1.165, 1.54) is 0 Å². The number of rotatable bonds is 35. The molecular weight excluding hydrogens is 1370 g/mol. The summed E-state index contributed by atoms with van der Waals surface area (Å²) in [5.74, 6) is -8.94. The lowest BCUT2D eigenvalue weighted by atomic mass is 9.87. The van der Waals surface area contributed by atoms with Crippen LogP contribution in [0.5, 0.6) is 0 Å². The number of thioether (sulfide) groups is 1. The van der Waals surface area contributed by atoms with E-state index in [2.05, 4.69) is 5.32 Å². The van der Waals surface area contributed by atoms with Gasteiger partial charge in [-0.25, -0.2) is 4.79 Å². The van der Waals surface area contributed by atoms with Gasteiger partial charge in [0.1, 0.15) is 72.9 Å². The van der Waals surface area contributed by atoms with Gasteiger partial charge in [-0.3, -0.25) is 24.0 Å². The Morgan fingerprint density at radius 3 is 1.35 bits per heavy atom. The van der Waals surface area contributed by atoms with Gasteiger partial charge in [0.05, 0.1) is 66.0 Å². The Balaban J connectivity index is 1.18. The van der Waals surface area contributed by atoms with Crippen molar-refractivity contribution in [1.82, 2.24) is 5.32 Å². The zero-order chi connectivity index (χ0) is 74.1. The van der Waals surface area contributed by atoms with Crippen LogP contribution in [0.1, 0.15) is 68.0 Å². The van der Waals surface area contributed by atoms with Gasteiger partial charge in [-0.05, 0) is 45.5 Å². The summed E-state index contributed by atoms with van der Waals surface area (Å²) >= 11 is 0.892. The quantitative estimate of drug-likeness (QED) is 0.0276. The number of ether oxygens (including phenoxy) is 16. The van der Waals surface area contributed by atoms with E-state index in [4.69, 9.17) is 75.8 Å². The number of esters is 5. The topological polar surface area (TPSA) is 282 Å². The van der Waals surface area contributed by atoms with Gasteiger partial charge in [0.15, 0.2) is 24.8 Å². The Morgan fingerprint density at radius 1 is 0.476 bits per heavy atom. The third-order valence-electron chi connectivity index (χ3n) is 17.3. The van der Waals surface area contributed by atoms with E-state index in [1.807, 2.05) is 158 Å². The fourth-order valence-corrected chi connectivity index (χ4v) is 13.9. The van der Waals surface area contributed by atoms with Gasteiger partial charge in [0.25, 0.3) is 5.79 Å². The summed E-state index contributed by atoms with van der Waals surface area (Å²) in [6.07, 6.45) is -22.4. The molecule has 3 saturated heterocycles. The normalized spacial score (nSPS) is 25.7. The van der Waals surface area contributed by atoms with Crippen molar-refractivity contribution in [3.63, 3.8) is 0 Å². The minimum Gasteiger partial charge on any atom is -0.465 e. The second-order valence-corrected chi connectivity index (χ2v) is 26.5. The third-order valence-corrected chi connectivity index (χ3v) is 18.7. The minimum absolute atomic E-state index is 0.00342. The predicted octanol–water partition coefficient (Wildman–Crippen LogP) is 9.27. The molecule has 0 unspecified atom stereocenters. The smallest absolute Gasteiger partial charge is 0.368 e. The molecule has 0 aromatic heterocycles. The van der Waals surface area contributed by atoms with Crippen LogP contribution in [-0.4, -0.2) is 171 Å². The Labute approximate surface area is 614 Å². The number of carbonyl (C=O) groups excluding carboxylic acids is 6. The summed E-state index contributed by atoms with van der Waals surface area (Å²) in [6, 6.07) is 63.2. The molecule has 0 bridgehead atoms. The van der Waals surface area contributed by atoms with E-state index in [0.717, 1.165) is 81.3 Å². The summed E-state index contributed by atoms with van der Waals surface area (Å²) in [5, 5.41) is 14.7. The zero-order valence-corrected chi connectivity index (χ0v) is 60.0. The molecule has 17 atom stereocenters. The van der Waals surface area contributed by atoms with Crippen molar-refractivity contribution in [2.45, 2.75) is 182 Å². The predicted molar refractivity (Wildman–Crippen MR) is 378 cm³/mol. The summed E-state index contributed by atoms with van der Waals surface area (Å²) in [4.78, 5) is 83.7. The van der Waals surface area contributed by atoms with Crippen LogP contribution in [0.2, 0.25) is 0 Å². The Hall–Kier alpha value is -8.77. The molecule has 0 aliphatic carbocycles. The number of amides is 1. The summed E-state index contributed by atoms with van der Waals surface area (Å²) in [6.45, 7) is 4.03. The van der Waals surface area contributed by atoms with E-state index < -0.39 is 152 Å². The van der Waals surface area contributed by atoms with Gasteiger partial charge in [0, 0.05) is 39.5 Å². The van der Waals surface area contributed by atoms with Gasteiger partial charge in [-0.2, -0.15) is 0 Å². The second kappa shape index (κ2) is 39.5. The number of methoxy groups -OCH3 is 1. The van der Waals surface area contributed by atoms with Crippen LogP contribution in [-0.2, 0) is 144 Å². The molecule has 3 fully saturated rings. The maximum absolute atomic E-state index is 16.1. The van der Waals surface area contributed by atoms with Gasteiger partial charge >= 0.3 is 29.8 Å². The Bertz CT molecular complexity index is 3820. The first-order chi connectivity index (χ1) is 50.9. The summed E-state index contributed by atoms with van der Waals surface area (Å²) in [5.41, 5.74) is 4.64. The van der Waals surface area contributed by atoms with E-state index in [0.29, 0.717) is 10.5 Å². The van der Waals surface area contributed by atoms with Gasteiger partial charge < -0.3 is 86.2 Å². The number of carbonyl (C=O) groups is 6. The largest absolute Gasteiger partial charge is 0.465 e. The molecule has 0 spiro atoms. The Kier molecular flexibility index (Phi) is 29.7. The first kappa shape index (κ1) is 78.8. The van der Waals surface area contributed by atoms with E-state index in [-0.39, 0.29) is 46.2 Å². The van der Waals surface area contributed by atoms with Gasteiger partial charge in [-0.15, -0.1) is 11.8 Å². The van der Waals surface area contributed by atoms with E-state index >= 15 is 4.79 Å². The molecular formula is C80H89NO23S. The fourth-order valence-electron chi connectivity index (χ4n) is 12.6. The average Bonchev–Trinajstić information content (AvgIpc) is 0.725. The maximum Gasteiger partial charge on any atom is 0.368 e. The second-order valence-electron chi connectivity index (χ2n) is 25.3. The van der Waals surface area contributed by atoms with E-state index in [1.54, 1.807) is 54.6 Å². The van der Waals surface area contributed by atoms with Crippen LogP contribution in [0.15, 0.2) is 217 Å². The molecule has 3 aliphatic rings. The van der Waals surface area contributed by atoms with Crippen LogP contribution < -0.4 is 5.32 Å². The molecule has 25 heteroatoms. The highest BCUT2D eigenvalue weighted by Gasteiger charge is 2.68. The number of aliphatic hydroxyl groups is 1. The molecule has 7 aromatic rings. The number of hydrogen-bond acceptors (Lipinski definition) is 24. The Morgan fingerprint density at radius 2 is 0.905 bits per heavy atom. The fraction of sp³-hybridized carbons (Fsp3) is 0.400. The van der Waals surface area contributed by atoms with Crippen LogP contribution in [0.25, 0.3) is 0 Å². The van der Waals surface area contributed by atoms with Crippen molar-refractivity contribution in [3.8, 4) is 0 Å². The molecule has 558 valence electrons. The van der Waals surface area contributed by atoms with Crippen LogP contribution >= 0.6 is 11.8 Å². The molecule has 1 amide bonds. The lowest BCUT2D eigenvalue weighted by Gasteiger charge is -2.55. The number of aliphatic hydroxyl groups excluding tert-OH is 1. The van der Waals surface area contributed by atoms with Gasteiger partial charge in [-0.1, -0.05) is 200 Å². The molecule has 7 aromatic carbocycles. The van der Waals surface area contributed by atoms with Crippen LogP contribution in [0.3, 0.4) is 0 Å². The molecule has 2 N–H and O–H groups in total. The van der Waals surface area contributed by atoms with Crippen LogP contribution in [0.4, 0.5) is 0 Å². The van der Waals surface area contributed by atoms with Crippen molar-refractivity contribution in [1.29, 1.82) is 0 Å². The standard InChI is InChI=1S/C80H89NO23S/c1-51(82)81-66-70(68(98-54(4)85)65(97-53(3)84)50-92-52(2)83)103-80(79(88)89-6,76(71(66)99-55(5)86)105-62-40-26-13-27-41-62)104-72-67(87)63(48-90-42-56-28-14-7-15-29-56)100-78(74(72)94-45-59-34-20-10-21-35-59)102-69-64(49-91-43-57-30-16-8-17-31-57)101-77(96-47-61-38-24-12-25-39-61)75(95-46-60-36-22-11-23-37-60)73(69)93-44-58-32-18-9-19-33-58/h7-41,63-78,87H,42-50H2,1-6H3,(H,81,82)/t63-,64-,65-,66+,67+,68-,69-,70-,71-,72+,73+,74-,75-,76+,77-,78+,80+/m1/s1. The highest BCUT2D eigenvalue weighted by atomic mass is 32.2. The molecule has 3 heterocycles. The lowest BCUT2D eigenvalue weighted by molar-refractivity contribution is -0.394. The molecule has 105 heavy (non-hydrogen) atoms. The third kappa shape index (κ3) is 22.4. The number of nitrogens with one attached hydrogen (secondary N) is 1. The highest BCUT2D eigenvalue weighted by Crippen LogP contribution is 2.48. The van der Waals surface area contributed by atoms with Crippen molar-refractivity contribution < 1.29 is 110 Å².